The van der Waals surface area contributed by atoms with Gasteiger partial charge < -0.3 is 20.5 Å². The van der Waals surface area contributed by atoms with Crippen LogP contribution in [0.2, 0.25) is 0 Å². The van der Waals surface area contributed by atoms with Gasteiger partial charge in [0.25, 0.3) is 0 Å². The van der Waals surface area contributed by atoms with E-state index in [0.717, 1.165) is 11.1 Å². The first-order valence-electron chi connectivity index (χ1n) is 10.7. The van der Waals surface area contributed by atoms with Crippen LogP contribution in [0.15, 0.2) is 61.2 Å². The number of carboxylic acids is 1. The quantitative estimate of drug-likeness (QED) is 0.525. The number of hydrogen-bond acceptors (Lipinski definition) is 4. The second-order valence-electron chi connectivity index (χ2n) is 8.23. The number of nitrogens with one attached hydrogen (secondary N) is 2. The molecule has 2 aliphatic carbocycles. The normalized spacial score (nSPS) is 19.2. The Hall–Kier alpha value is -3.61. The highest BCUT2D eigenvalue weighted by atomic mass is 16.5. The van der Waals surface area contributed by atoms with E-state index in [4.69, 9.17) is 9.84 Å². The van der Waals surface area contributed by atoms with Crippen molar-refractivity contribution < 1.29 is 24.2 Å². The summed E-state index contributed by atoms with van der Waals surface area (Å²) in [5, 5.41) is 14.4. The molecule has 7 nitrogen and oxygen atoms in total. The Kier molecular flexibility index (Phi) is 6.25. The largest absolute Gasteiger partial charge is 0.480 e. The van der Waals surface area contributed by atoms with Gasteiger partial charge in [0.05, 0.1) is 0 Å². The fourth-order valence-corrected chi connectivity index (χ4v) is 4.33. The molecule has 3 atom stereocenters. The molecule has 7 heteroatoms. The lowest BCUT2D eigenvalue weighted by molar-refractivity contribution is -0.141. The standard InChI is InChI=1S/C25H26N2O5/c1-2-7-22(24(29)30)27-23(28)20-12-15(20)13-26-25(31)32-14-21-18-10-5-3-8-16(18)17-9-4-6-11-19(17)21/h2-6,8-11,15,20-22H,1,7,12-14H2,(H,26,31)(H,27,28)(H,29,30). The average Bonchev–Trinajstić information content (AvgIpc) is 3.51. The first-order valence-corrected chi connectivity index (χ1v) is 10.7. The van der Waals surface area contributed by atoms with Crippen LogP contribution in [-0.2, 0) is 14.3 Å². The smallest absolute Gasteiger partial charge is 0.407 e. The number of ether oxygens (including phenoxy) is 1. The lowest BCUT2D eigenvalue weighted by Crippen LogP contribution is -2.41. The SMILES string of the molecule is C=CCC(NC(=O)C1CC1CNC(=O)OCC1c2ccccc2-c2ccccc21)C(=O)O. The van der Waals surface area contributed by atoms with E-state index in [0.29, 0.717) is 13.0 Å². The number of aliphatic carboxylic acids is 1. The number of carbonyl (C=O) groups excluding carboxylic acids is 2. The second-order valence-corrected chi connectivity index (χ2v) is 8.23. The van der Waals surface area contributed by atoms with Crippen molar-refractivity contribution in [1.82, 2.24) is 10.6 Å². The van der Waals surface area contributed by atoms with Gasteiger partial charge in [0.2, 0.25) is 5.91 Å². The fraction of sp³-hybridized carbons (Fsp3) is 0.320. The molecule has 0 aliphatic heterocycles. The van der Waals surface area contributed by atoms with Crippen molar-refractivity contribution in [1.29, 1.82) is 0 Å². The summed E-state index contributed by atoms with van der Waals surface area (Å²) >= 11 is 0. The Labute approximate surface area is 186 Å². The Balaban J connectivity index is 1.25. The molecular weight excluding hydrogens is 408 g/mol. The van der Waals surface area contributed by atoms with Crippen LogP contribution in [0.4, 0.5) is 4.79 Å². The van der Waals surface area contributed by atoms with Crippen LogP contribution in [0.3, 0.4) is 0 Å². The molecule has 4 rings (SSSR count). The van der Waals surface area contributed by atoms with Crippen molar-refractivity contribution in [2.45, 2.75) is 24.8 Å². The van der Waals surface area contributed by atoms with Crippen molar-refractivity contribution in [2.24, 2.45) is 11.8 Å². The van der Waals surface area contributed by atoms with Gasteiger partial charge >= 0.3 is 12.1 Å². The van der Waals surface area contributed by atoms with Gasteiger partial charge in [0.1, 0.15) is 12.6 Å². The molecule has 0 bridgehead atoms. The molecule has 0 aromatic heterocycles. The number of fused-ring (bicyclic) bond motifs is 3. The highest BCUT2D eigenvalue weighted by Gasteiger charge is 2.44. The molecule has 0 heterocycles. The summed E-state index contributed by atoms with van der Waals surface area (Å²) in [6, 6.07) is 15.3. The zero-order chi connectivity index (χ0) is 22.7. The number of alkyl carbamates (subject to hydrolysis) is 1. The van der Waals surface area contributed by atoms with E-state index < -0.39 is 18.1 Å². The average molecular weight is 434 g/mol. The van der Waals surface area contributed by atoms with Crippen LogP contribution < -0.4 is 10.6 Å². The number of carboxylic acid groups (broad SMARTS) is 1. The molecule has 0 radical (unpaired) electrons. The Morgan fingerprint density at radius 1 is 1.09 bits per heavy atom. The molecule has 2 aliphatic rings. The maximum atomic E-state index is 12.3. The summed E-state index contributed by atoms with van der Waals surface area (Å²) in [7, 11) is 0. The van der Waals surface area contributed by atoms with Gasteiger partial charge in [-0.2, -0.15) is 0 Å². The molecule has 2 aromatic rings. The number of benzene rings is 2. The van der Waals surface area contributed by atoms with Crippen molar-refractivity contribution in [3.8, 4) is 11.1 Å². The van der Waals surface area contributed by atoms with E-state index >= 15 is 0 Å². The number of carbonyl (C=O) groups is 3. The van der Waals surface area contributed by atoms with Gasteiger partial charge in [-0.15, -0.1) is 6.58 Å². The molecule has 2 aromatic carbocycles. The van der Waals surface area contributed by atoms with E-state index in [2.05, 4.69) is 41.5 Å². The first-order chi connectivity index (χ1) is 15.5. The van der Waals surface area contributed by atoms with Crippen LogP contribution in [0.1, 0.15) is 29.9 Å². The van der Waals surface area contributed by atoms with Gasteiger partial charge in [-0.3, -0.25) is 4.79 Å². The molecule has 2 amide bonds. The minimum atomic E-state index is -1.09. The fourth-order valence-electron chi connectivity index (χ4n) is 4.33. The van der Waals surface area contributed by atoms with E-state index in [-0.39, 0.29) is 36.7 Å². The minimum absolute atomic E-state index is 0.00888. The minimum Gasteiger partial charge on any atom is -0.480 e. The lowest BCUT2D eigenvalue weighted by atomic mass is 9.98. The highest BCUT2D eigenvalue weighted by molar-refractivity contribution is 5.87. The molecule has 1 saturated carbocycles. The Bertz CT molecular complexity index is 1000. The molecular formula is C25H26N2O5. The lowest BCUT2D eigenvalue weighted by Gasteiger charge is -2.15. The predicted molar refractivity (Wildman–Crippen MR) is 119 cm³/mol. The molecule has 0 spiro atoms. The topological polar surface area (TPSA) is 105 Å². The maximum absolute atomic E-state index is 12.3. The van der Waals surface area contributed by atoms with E-state index in [1.54, 1.807) is 0 Å². The van der Waals surface area contributed by atoms with Crippen molar-refractivity contribution in [3.05, 3.63) is 72.3 Å². The van der Waals surface area contributed by atoms with E-state index in [1.807, 2.05) is 24.3 Å². The molecule has 3 unspecified atom stereocenters. The summed E-state index contributed by atoms with van der Waals surface area (Å²) in [6.07, 6.45) is 1.71. The van der Waals surface area contributed by atoms with Crippen LogP contribution in [0.5, 0.6) is 0 Å². The molecule has 3 N–H and O–H groups in total. The van der Waals surface area contributed by atoms with Crippen molar-refractivity contribution >= 4 is 18.0 Å². The number of amides is 2. The summed E-state index contributed by atoms with van der Waals surface area (Å²) in [6.45, 7) is 4.06. The van der Waals surface area contributed by atoms with Gasteiger partial charge in [0, 0.05) is 18.4 Å². The third-order valence-corrected chi connectivity index (χ3v) is 6.13. The van der Waals surface area contributed by atoms with Gasteiger partial charge in [-0.05, 0) is 41.0 Å². The van der Waals surface area contributed by atoms with Gasteiger partial charge in [0.15, 0.2) is 0 Å². The van der Waals surface area contributed by atoms with E-state index in [1.165, 1.54) is 17.2 Å². The summed E-state index contributed by atoms with van der Waals surface area (Å²) < 4.78 is 5.50. The molecule has 1 fully saturated rings. The molecule has 32 heavy (non-hydrogen) atoms. The summed E-state index contributed by atoms with van der Waals surface area (Å²) in [5.41, 5.74) is 4.63. The van der Waals surface area contributed by atoms with Crippen molar-refractivity contribution in [2.75, 3.05) is 13.2 Å². The number of hydrogen-bond donors (Lipinski definition) is 3. The van der Waals surface area contributed by atoms with Crippen LogP contribution in [-0.4, -0.2) is 42.3 Å². The first kappa shape index (κ1) is 21.6. The van der Waals surface area contributed by atoms with Gasteiger partial charge in [-0.1, -0.05) is 54.6 Å². The predicted octanol–water partition coefficient (Wildman–Crippen LogP) is 3.31. The van der Waals surface area contributed by atoms with Crippen LogP contribution in [0, 0.1) is 11.8 Å². The number of rotatable bonds is 9. The van der Waals surface area contributed by atoms with Crippen molar-refractivity contribution in [3.63, 3.8) is 0 Å². The molecule has 166 valence electrons. The Morgan fingerprint density at radius 2 is 1.72 bits per heavy atom. The third-order valence-electron chi connectivity index (χ3n) is 6.13. The van der Waals surface area contributed by atoms with Gasteiger partial charge in [-0.25, -0.2) is 9.59 Å². The maximum Gasteiger partial charge on any atom is 0.407 e. The third kappa shape index (κ3) is 4.51. The van der Waals surface area contributed by atoms with E-state index in [9.17, 15) is 14.4 Å². The zero-order valence-electron chi connectivity index (χ0n) is 17.6. The second kappa shape index (κ2) is 9.26. The Morgan fingerprint density at radius 3 is 2.31 bits per heavy atom. The highest BCUT2D eigenvalue weighted by Crippen LogP contribution is 2.44. The summed E-state index contributed by atoms with van der Waals surface area (Å²) in [4.78, 5) is 35.7. The monoisotopic (exact) mass is 434 g/mol. The van der Waals surface area contributed by atoms with Crippen LogP contribution in [0.25, 0.3) is 11.1 Å². The summed E-state index contributed by atoms with van der Waals surface area (Å²) in [5.74, 6) is -1.72. The zero-order valence-corrected chi connectivity index (χ0v) is 17.6. The van der Waals surface area contributed by atoms with Crippen LogP contribution >= 0.6 is 0 Å². The molecule has 0 saturated heterocycles.